The molecular formula is C27H42N4O2. The third-order valence-electron chi connectivity index (χ3n) is 4.63. The summed E-state index contributed by atoms with van der Waals surface area (Å²) in [5.74, 6) is 0. The van der Waals surface area contributed by atoms with Gasteiger partial charge < -0.3 is 14.7 Å². The van der Waals surface area contributed by atoms with Gasteiger partial charge in [0.2, 0.25) is 0 Å². The molecule has 0 atom stereocenters. The van der Waals surface area contributed by atoms with Gasteiger partial charge in [-0.3, -0.25) is 4.79 Å². The Hall–Kier alpha value is -2.96. The van der Waals surface area contributed by atoms with Gasteiger partial charge in [0.1, 0.15) is 11.9 Å². The summed E-state index contributed by atoms with van der Waals surface area (Å²) in [6.45, 7) is 17.3. The van der Waals surface area contributed by atoms with Crippen molar-refractivity contribution in [3.8, 4) is 0 Å². The van der Waals surface area contributed by atoms with Crippen LogP contribution >= 0.6 is 0 Å². The van der Waals surface area contributed by atoms with Crippen molar-refractivity contribution >= 4 is 17.3 Å². The van der Waals surface area contributed by atoms with Crippen molar-refractivity contribution in [2.45, 2.75) is 54.0 Å². The largest absolute Gasteiger partial charge is 0.378 e. The van der Waals surface area contributed by atoms with Gasteiger partial charge >= 0.3 is 0 Å². The van der Waals surface area contributed by atoms with Crippen LogP contribution in [-0.2, 0) is 6.54 Å². The Kier molecular flexibility index (Phi) is 16.9. The minimum Gasteiger partial charge on any atom is -0.378 e. The number of aryl methyl sites for hydroxylation is 1. The molecule has 0 saturated heterocycles. The highest BCUT2D eigenvalue weighted by molar-refractivity contribution is 5.79. The van der Waals surface area contributed by atoms with Gasteiger partial charge in [0.15, 0.2) is 0 Å². The lowest BCUT2D eigenvalue weighted by Crippen LogP contribution is -2.18. The molecule has 6 heteroatoms. The average molecular weight is 455 g/mol. The summed E-state index contributed by atoms with van der Waals surface area (Å²) < 4.78 is 2.12. The van der Waals surface area contributed by atoms with E-state index in [1.807, 2.05) is 56.6 Å². The molecule has 2 aromatic heterocycles. The molecule has 182 valence electrons. The Bertz CT molecular complexity index is 898. The van der Waals surface area contributed by atoms with Crippen LogP contribution in [-0.4, -0.2) is 46.1 Å². The number of nitrogens with zero attached hydrogens (tertiary/aromatic N) is 3. The van der Waals surface area contributed by atoms with Crippen LogP contribution in [0.15, 0.2) is 61.6 Å². The highest BCUT2D eigenvalue weighted by Crippen LogP contribution is 2.18. The monoisotopic (exact) mass is 454 g/mol. The van der Waals surface area contributed by atoms with Crippen molar-refractivity contribution < 1.29 is 10.0 Å². The summed E-state index contributed by atoms with van der Waals surface area (Å²) in [7, 11) is 1.43. The molecule has 0 aliphatic carbocycles. The van der Waals surface area contributed by atoms with Crippen LogP contribution < -0.4 is 5.48 Å². The first-order valence-corrected chi connectivity index (χ1v) is 11.7. The number of hydrogen-bond acceptors (Lipinski definition) is 5. The summed E-state index contributed by atoms with van der Waals surface area (Å²) in [6.07, 6.45) is 9.10. The number of fused-ring (bicyclic) bond motifs is 1. The lowest BCUT2D eigenvalue weighted by Gasteiger charge is -2.17. The number of aromatic nitrogens is 2. The summed E-state index contributed by atoms with van der Waals surface area (Å²) in [5.41, 5.74) is 5.85. The van der Waals surface area contributed by atoms with Crippen molar-refractivity contribution in [2.24, 2.45) is 0 Å². The minimum atomic E-state index is 0.704. The molecule has 0 unspecified atom stereocenters. The molecule has 0 radical (unpaired) electrons. The lowest BCUT2D eigenvalue weighted by molar-refractivity contribution is 0.112. The zero-order valence-electron chi connectivity index (χ0n) is 21.2. The van der Waals surface area contributed by atoms with E-state index < -0.39 is 0 Å². The number of pyridine rings is 1. The van der Waals surface area contributed by atoms with Crippen LogP contribution in [0.2, 0.25) is 0 Å². The Labute approximate surface area is 199 Å². The molecule has 1 aromatic carbocycles. The molecule has 2 heterocycles. The van der Waals surface area contributed by atoms with E-state index in [9.17, 15) is 4.79 Å². The zero-order valence-corrected chi connectivity index (χ0v) is 21.2. The number of benzene rings is 1. The first-order valence-electron chi connectivity index (χ1n) is 11.7. The molecule has 2 N–H and O–H groups in total. The second-order valence-corrected chi connectivity index (χ2v) is 7.11. The van der Waals surface area contributed by atoms with Crippen LogP contribution in [0.3, 0.4) is 0 Å². The third kappa shape index (κ3) is 10.9. The molecule has 0 fully saturated rings. The van der Waals surface area contributed by atoms with Crippen molar-refractivity contribution in [3.63, 3.8) is 0 Å². The van der Waals surface area contributed by atoms with Crippen molar-refractivity contribution in [1.82, 2.24) is 19.9 Å². The fourth-order valence-electron chi connectivity index (χ4n) is 3.12. The zero-order chi connectivity index (χ0) is 25.1. The molecule has 0 spiro atoms. The van der Waals surface area contributed by atoms with Crippen molar-refractivity contribution in [2.75, 3.05) is 20.1 Å². The van der Waals surface area contributed by atoms with E-state index in [4.69, 9.17) is 5.21 Å². The van der Waals surface area contributed by atoms with E-state index in [0.717, 1.165) is 37.1 Å². The van der Waals surface area contributed by atoms with Gasteiger partial charge in [0.05, 0.1) is 0 Å². The number of hydroxylamine groups is 1. The van der Waals surface area contributed by atoms with E-state index in [1.54, 1.807) is 5.48 Å². The van der Waals surface area contributed by atoms with E-state index in [-0.39, 0.29) is 0 Å². The maximum Gasteiger partial charge on any atom is 0.150 e. The van der Waals surface area contributed by atoms with E-state index in [1.165, 1.54) is 30.8 Å². The number of hydrogen-bond donors (Lipinski definition) is 2. The van der Waals surface area contributed by atoms with Crippen LogP contribution in [0, 0.1) is 6.92 Å². The third-order valence-corrected chi connectivity index (χ3v) is 4.63. The standard InChI is InChI=1S/C16H14N2O.C8H17N.C2H6.CH5NO/c1-12-6-8-17-16-15(12)7-9-18(16)10-13-2-4-14(11-19)5-3-13;1-4-7-9(6-3)8-5-2;1-2;1-2-3/h2-9,11H,10H2,1H3;6H,3-5,7-8H2,1-2H3;1-2H3;2-3H,1H3. The SMILES string of the molecule is C=CN(CCC)CCC.CC.CNO.Cc1ccnc2c1ccn2Cc1ccc(C=O)cc1. The highest BCUT2D eigenvalue weighted by Gasteiger charge is 2.04. The fourth-order valence-corrected chi connectivity index (χ4v) is 3.12. The van der Waals surface area contributed by atoms with Crippen LogP contribution in [0.4, 0.5) is 0 Å². The number of rotatable bonds is 8. The lowest BCUT2D eigenvalue weighted by atomic mass is 10.1. The van der Waals surface area contributed by atoms with Gasteiger partial charge in [0.25, 0.3) is 0 Å². The van der Waals surface area contributed by atoms with E-state index in [2.05, 4.69) is 54.1 Å². The van der Waals surface area contributed by atoms with Gasteiger partial charge in [-0.1, -0.05) is 58.5 Å². The van der Waals surface area contributed by atoms with Gasteiger partial charge in [-0.05, 0) is 49.2 Å². The van der Waals surface area contributed by atoms with Gasteiger partial charge in [-0.25, -0.2) is 10.5 Å². The fraction of sp³-hybridized carbons (Fsp3) is 0.407. The van der Waals surface area contributed by atoms with E-state index in [0.29, 0.717) is 5.56 Å². The molecule has 0 aliphatic rings. The molecule has 0 saturated carbocycles. The topological polar surface area (TPSA) is 70.4 Å². The average Bonchev–Trinajstić information content (AvgIpc) is 3.26. The molecule has 33 heavy (non-hydrogen) atoms. The quantitative estimate of drug-likeness (QED) is 0.319. The second kappa shape index (κ2) is 18.6. The summed E-state index contributed by atoms with van der Waals surface area (Å²) >= 11 is 0. The molecule has 0 bridgehead atoms. The molecular weight excluding hydrogens is 412 g/mol. The highest BCUT2D eigenvalue weighted by atomic mass is 16.5. The Morgan fingerprint density at radius 1 is 1.09 bits per heavy atom. The molecule has 0 aliphatic heterocycles. The molecule has 3 aromatic rings. The maximum atomic E-state index is 10.6. The smallest absolute Gasteiger partial charge is 0.150 e. The summed E-state index contributed by atoms with van der Waals surface area (Å²) in [5, 5.41) is 8.51. The van der Waals surface area contributed by atoms with Gasteiger partial charge in [-0.15, -0.1) is 0 Å². The predicted molar refractivity (Wildman–Crippen MR) is 140 cm³/mol. The van der Waals surface area contributed by atoms with Crippen LogP contribution in [0.25, 0.3) is 11.0 Å². The summed E-state index contributed by atoms with van der Waals surface area (Å²) in [4.78, 5) is 17.3. The first-order chi connectivity index (χ1) is 16.0. The molecule has 6 nitrogen and oxygen atoms in total. The maximum absolute atomic E-state index is 10.6. The van der Waals surface area contributed by atoms with Crippen molar-refractivity contribution in [3.05, 3.63) is 78.3 Å². The van der Waals surface area contributed by atoms with Gasteiger partial charge in [0, 0.05) is 50.0 Å². The molecule has 0 amide bonds. The van der Waals surface area contributed by atoms with Gasteiger partial charge in [-0.2, -0.15) is 0 Å². The Balaban J connectivity index is 0.000000618. The first kappa shape index (κ1) is 30.0. The predicted octanol–water partition coefficient (Wildman–Crippen LogP) is 6.08. The number of aldehydes is 1. The Morgan fingerprint density at radius 3 is 2.15 bits per heavy atom. The summed E-state index contributed by atoms with van der Waals surface area (Å²) in [6, 6.07) is 11.7. The minimum absolute atomic E-state index is 0.704. The number of carbonyl (C=O) groups is 1. The van der Waals surface area contributed by atoms with Crippen molar-refractivity contribution in [1.29, 1.82) is 0 Å². The van der Waals surface area contributed by atoms with E-state index >= 15 is 0 Å². The molecule has 3 rings (SSSR count). The van der Waals surface area contributed by atoms with Crippen LogP contribution in [0.5, 0.6) is 0 Å². The Morgan fingerprint density at radius 2 is 1.67 bits per heavy atom. The normalized spacial score (nSPS) is 9.42. The number of nitrogens with one attached hydrogen (secondary N) is 1. The number of carbonyl (C=O) groups excluding carboxylic acids is 1. The second-order valence-electron chi connectivity index (χ2n) is 7.11. The van der Waals surface area contributed by atoms with Crippen LogP contribution in [0.1, 0.15) is 62.0 Å².